The van der Waals surface area contributed by atoms with E-state index in [9.17, 15) is 0 Å². The molecule has 0 N–H and O–H groups in total. The second-order valence-corrected chi connectivity index (χ2v) is 6.31. The van der Waals surface area contributed by atoms with E-state index in [1.807, 2.05) is 0 Å². The summed E-state index contributed by atoms with van der Waals surface area (Å²) >= 11 is 0. The van der Waals surface area contributed by atoms with Crippen LogP contribution in [0.1, 0.15) is 81.6 Å². The highest BCUT2D eigenvalue weighted by molar-refractivity contribution is 4.74. The van der Waals surface area contributed by atoms with Crippen LogP contribution in [0.4, 0.5) is 0 Å². The van der Waals surface area contributed by atoms with Crippen molar-refractivity contribution in [1.29, 1.82) is 0 Å². The Morgan fingerprint density at radius 3 is 0.905 bits per heavy atom. The smallest absolute Gasteiger partial charge is 0.115 e. The second kappa shape index (κ2) is 21.4. The van der Waals surface area contributed by atoms with Crippen LogP contribution in [0.3, 0.4) is 0 Å². The molecule has 0 aliphatic rings. The molecule has 2 heteroatoms. The van der Waals surface area contributed by atoms with E-state index in [0.29, 0.717) is 0 Å². The Morgan fingerprint density at radius 1 is 0.619 bits per heavy atom. The van der Waals surface area contributed by atoms with Crippen molar-refractivity contribution >= 4 is 0 Å². The number of hydrogen-bond donors (Lipinski definition) is 0. The Hall–Kier alpha value is -0.920. The van der Waals surface area contributed by atoms with Crippen molar-refractivity contribution in [1.82, 2.24) is 9.97 Å². The van der Waals surface area contributed by atoms with Crippen molar-refractivity contribution in [3.05, 3.63) is 24.8 Å². The van der Waals surface area contributed by atoms with Crippen molar-refractivity contribution in [2.24, 2.45) is 17.8 Å². The van der Waals surface area contributed by atoms with Gasteiger partial charge in [0, 0.05) is 12.4 Å². The van der Waals surface area contributed by atoms with Crippen molar-refractivity contribution in [2.75, 3.05) is 0 Å². The minimum atomic E-state index is 0.884. The molecular formula is C19H40N2. The lowest BCUT2D eigenvalue weighted by molar-refractivity contribution is 0.626. The van der Waals surface area contributed by atoms with E-state index in [-0.39, 0.29) is 0 Å². The van der Waals surface area contributed by atoms with E-state index in [1.165, 1.54) is 25.6 Å². The van der Waals surface area contributed by atoms with Crippen LogP contribution in [0.15, 0.2) is 24.8 Å². The van der Waals surface area contributed by atoms with Crippen LogP contribution in [0, 0.1) is 17.8 Å². The average Bonchev–Trinajstić information content (AvgIpc) is 2.50. The summed E-state index contributed by atoms with van der Waals surface area (Å²) in [5, 5.41) is 0. The molecule has 0 amide bonds. The monoisotopic (exact) mass is 296 g/mol. The van der Waals surface area contributed by atoms with Crippen LogP contribution < -0.4 is 0 Å². The maximum absolute atomic E-state index is 3.67. The zero-order valence-corrected chi connectivity index (χ0v) is 16.1. The van der Waals surface area contributed by atoms with Gasteiger partial charge < -0.3 is 0 Å². The van der Waals surface area contributed by atoms with Gasteiger partial charge in [-0.1, -0.05) is 81.6 Å². The molecule has 0 atom stereocenters. The third-order valence-electron chi connectivity index (χ3n) is 2.93. The van der Waals surface area contributed by atoms with Gasteiger partial charge in [-0.25, -0.2) is 9.97 Å². The molecule has 0 bridgehead atoms. The van der Waals surface area contributed by atoms with Gasteiger partial charge in [0.1, 0.15) is 6.33 Å². The number of rotatable bonds is 3. The molecule has 0 saturated carbocycles. The van der Waals surface area contributed by atoms with Crippen LogP contribution in [0.2, 0.25) is 0 Å². The fraction of sp³-hybridized carbons (Fsp3) is 0.789. The largest absolute Gasteiger partial charge is 0.245 e. The molecule has 1 aromatic rings. The molecule has 0 aromatic carbocycles. The van der Waals surface area contributed by atoms with Crippen molar-refractivity contribution < 1.29 is 0 Å². The summed E-state index contributed by atoms with van der Waals surface area (Å²) in [7, 11) is 0. The summed E-state index contributed by atoms with van der Waals surface area (Å²) < 4.78 is 0. The lowest BCUT2D eigenvalue weighted by atomic mass is 10.2. The first-order valence-electron chi connectivity index (χ1n) is 8.51. The molecule has 2 nitrogen and oxygen atoms in total. The zero-order chi connectivity index (χ0) is 17.1. The van der Waals surface area contributed by atoms with Gasteiger partial charge in [0.2, 0.25) is 0 Å². The molecule has 0 spiro atoms. The fourth-order valence-electron chi connectivity index (χ4n) is 0.253. The molecule has 0 radical (unpaired) electrons. The zero-order valence-electron chi connectivity index (χ0n) is 16.1. The lowest BCUT2D eigenvalue weighted by Gasteiger charge is -1.90. The van der Waals surface area contributed by atoms with Gasteiger partial charge >= 0.3 is 0 Å². The van der Waals surface area contributed by atoms with Gasteiger partial charge in [-0.05, 0) is 23.8 Å². The summed E-state index contributed by atoms with van der Waals surface area (Å²) in [5.41, 5.74) is 0. The second-order valence-electron chi connectivity index (χ2n) is 6.31. The maximum atomic E-state index is 3.67. The third kappa shape index (κ3) is 45.3. The van der Waals surface area contributed by atoms with E-state index in [0.717, 1.165) is 17.8 Å². The number of nitrogens with zero attached hydrogens (tertiary/aromatic N) is 2. The molecule has 1 rings (SSSR count). The summed E-state index contributed by atoms with van der Waals surface area (Å²) in [6.45, 7) is 19.9. The third-order valence-corrected chi connectivity index (χ3v) is 2.93. The summed E-state index contributed by atoms with van der Waals surface area (Å²) in [6.07, 6.45) is 8.79. The van der Waals surface area contributed by atoms with E-state index in [2.05, 4.69) is 72.3 Å². The van der Waals surface area contributed by atoms with Crippen LogP contribution in [-0.2, 0) is 0 Å². The van der Waals surface area contributed by atoms with Crippen molar-refractivity contribution in [2.45, 2.75) is 81.6 Å². The summed E-state index contributed by atoms with van der Waals surface area (Å²) in [6, 6.07) is 1.78. The highest BCUT2D eigenvalue weighted by Gasteiger charge is 1.80. The topological polar surface area (TPSA) is 25.8 Å². The Labute approximate surface area is 134 Å². The molecule has 0 aliphatic heterocycles. The molecule has 0 fully saturated rings. The fourth-order valence-corrected chi connectivity index (χ4v) is 0.253. The van der Waals surface area contributed by atoms with E-state index in [4.69, 9.17) is 0 Å². The van der Waals surface area contributed by atoms with E-state index >= 15 is 0 Å². The Bertz CT molecular complexity index is 197. The minimum Gasteiger partial charge on any atom is -0.245 e. The molecule has 0 aliphatic carbocycles. The molecule has 21 heavy (non-hydrogen) atoms. The maximum Gasteiger partial charge on any atom is 0.115 e. The minimum absolute atomic E-state index is 0.884. The van der Waals surface area contributed by atoms with Crippen LogP contribution >= 0.6 is 0 Å². The van der Waals surface area contributed by atoms with Crippen molar-refractivity contribution in [3.63, 3.8) is 0 Å². The van der Waals surface area contributed by atoms with E-state index < -0.39 is 0 Å². The van der Waals surface area contributed by atoms with Crippen molar-refractivity contribution in [3.8, 4) is 0 Å². The molecule has 0 saturated heterocycles. The van der Waals surface area contributed by atoms with Crippen LogP contribution in [0.25, 0.3) is 0 Å². The summed E-state index contributed by atoms with van der Waals surface area (Å²) in [4.78, 5) is 7.35. The van der Waals surface area contributed by atoms with Gasteiger partial charge in [-0.15, -0.1) is 0 Å². The van der Waals surface area contributed by atoms with Gasteiger partial charge in [-0.3, -0.25) is 0 Å². The summed E-state index contributed by atoms with van der Waals surface area (Å²) in [5.74, 6) is 2.65. The van der Waals surface area contributed by atoms with Gasteiger partial charge in [0.15, 0.2) is 0 Å². The van der Waals surface area contributed by atoms with Gasteiger partial charge in [0.25, 0.3) is 0 Å². The highest BCUT2D eigenvalue weighted by atomic mass is 14.8. The van der Waals surface area contributed by atoms with Gasteiger partial charge in [0.05, 0.1) is 0 Å². The lowest BCUT2D eigenvalue weighted by Crippen LogP contribution is -1.77. The number of aromatic nitrogens is 2. The SMILES string of the molecule is CCC(C)C.CCC(C)C.CCC(C)C.c1cncnc1. The molecular weight excluding hydrogens is 256 g/mol. The van der Waals surface area contributed by atoms with E-state index in [1.54, 1.807) is 18.5 Å². The Morgan fingerprint density at radius 2 is 0.857 bits per heavy atom. The Balaban J connectivity index is -0.000000207. The molecule has 1 heterocycles. The quantitative estimate of drug-likeness (QED) is 0.625. The average molecular weight is 297 g/mol. The standard InChI is InChI=1S/3C5H12.C4H4N2/c3*1-4-5(2)3;1-2-5-4-6-3-1/h3*5H,4H2,1-3H3;1-4H. The van der Waals surface area contributed by atoms with Crippen LogP contribution in [-0.4, -0.2) is 9.97 Å². The highest BCUT2D eigenvalue weighted by Crippen LogP contribution is 1.94. The molecule has 126 valence electrons. The first-order chi connectivity index (χ1) is 9.81. The predicted octanol–water partition coefficient (Wildman–Crippen LogP) is 6.63. The first kappa shape index (κ1) is 25.1. The Kier molecular flexibility index (Phi) is 25.5. The number of hydrogen-bond acceptors (Lipinski definition) is 2. The molecule has 1 aromatic heterocycles. The predicted molar refractivity (Wildman–Crippen MR) is 97.4 cm³/mol. The normalized spacial score (nSPS) is 9.14. The van der Waals surface area contributed by atoms with Gasteiger partial charge in [-0.2, -0.15) is 0 Å². The molecule has 0 unspecified atom stereocenters. The van der Waals surface area contributed by atoms with Crippen LogP contribution in [0.5, 0.6) is 0 Å². The first-order valence-corrected chi connectivity index (χ1v) is 8.51.